The van der Waals surface area contributed by atoms with E-state index in [2.05, 4.69) is 17.3 Å². The Labute approximate surface area is 118 Å². The van der Waals surface area contributed by atoms with Gasteiger partial charge in [-0.3, -0.25) is 0 Å². The summed E-state index contributed by atoms with van der Waals surface area (Å²) in [6.07, 6.45) is 12.5. The molecule has 1 aliphatic carbocycles. The minimum absolute atomic E-state index is 0.290. The summed E-state index contributed by atoms with van der Waals surface area (Å²) in [5.41, 5.74) is 0.290. The van der Waals surface area contributed by atoms with Gasteiger partial charge in [0.1, 0.15) is 0 Å². The monoisotopic (exact) mass is 266 g/mol. The minimum atomic E-state index is 0.290. The molecule has 3 aliphatic rings. The maximum absolute atomic E-state index is 6.49. The van der Waals surface area contributed by atoms with Gasteiger partial charge in [-0.05, 0) is 58.7 Å². The number of piperidine rings is 1. The summed E-state index contributed by atoms with van der Waals surface area (Å²) in [5, 5.41) is 3.45. The van der Waals surface area contributed by atoms with E-state index in [0.717, 1.165) is 12.6 Å². The smallest absolute Gasteiger partial charge is 0.0710 e. The summed E-state index contributed by atoms with van der Waals surface area (Å²) in [7, 11) is 2.30. The highest BCUT2D eigenvalue weighted by atomic mass is 16.5. The molecule has 1 atom stereocenters. The Bertz CT molecular complexity index is 282. The fourth-order valence-electron chi connectivity index (χ4n) is 4.31. The van der Waals surface area contributed by atoms with E-state index in [0.29, 0.717) is 6.10 Å². The lowest BCUT2D eigenvalue weighted by Crippen LogP contribution is -2.44. The summed E-state index contributed by atoms with van der Waals surface area (Å²) in [4.78, 5) is 2.56. The summed E-state index contributed by atoms with van der Waals surface area (Å²) < 4.78 is 6.49. The van der Waals surface area contributed by atoms with Crippen molar-refractivity contribution in [1.29, 1.82) is 0 Å². The van der Waals surface area contributed by atoms with Crippen molar-refractivity contribution in [2.24, 2.45) is 0 Å². The molecule has 1 unspecified atom stereocenters. The van der Waals surface area contributed by atoms with Crippen LogP contribution in [0.3, 0.4) is 0 Å². The number of rotatable bonds is 3. The van der Waals surface area contributed by atoms with Crippen molar-refractivity contribution >= 4 is 0 Å². The summed E-state index contributed by atoms with van der Waals surface area (Å²) in [6, 6.07) is 0.771. The molecule has 3 rings (SSSR count). The van der Waals surface area contributed by atoms with Crippen LogP contribution >= 0.6 is 0 Å². The van der Waals surface area contributed by atoms with Crippen molar-refractivity contribution in [3.05, 3.63) is 0 Å². The van der Waals surface area contributed by atoms with Crippen molar-refractivity contribution in [3.63, 3.8) is 0 Å². The minimum Gasteiger partial charge on any atom is -0.370 e. The van der Waals surface area contributed by atoms with Gasteiger partial charge in [0, 0.05) is 12.6 Å². The van der Waals surface area contributed by atoms with Crippen LogP contribution in [-0.2, 0) is 4.74 Å². The second kappa shape index (κ2) is 6.11. The molecule has 0 aromatic heterocycles. The zero-order chi connectivity index (χ0) is 13.1. The molecule has 1 spiro atoms. The van der Waals surface area contributed by atoms with E-state index >= 15 is 0 Å². The third-order valence-electron chi connectivity index (χ3n) is 5.53. The van der Waals surface area contributed by atoms with Crippen molar-refractivity contribution in [2.75, 3.05) is 26.7 Å². The number of hydrogen-bond acceptors (Lipinski definition) is 3. The van der Waals surface area contributed by atoms with Gasteiger partial charge in [-0.25, -0.2) is 0 Å². The first-order valence-corrected chi connectivity index (χ1v) is 8.36. The Hall–Kier alpha value is -0.120. The number of likely N-dealkylation sites (N-methyl/N-ethyl adjacent to an activating group) is 1. The zero-order valence-corrected chi connectivity index (χ0v) is 12.5. The fourth-order valence-corrected chi connectivity index (χ4v) is 4.31. The van der Waals surface area contributed by atoms with Crippen LogP contribution in [0.25, 0.3) is 0 Å². The SMILES string of the molecule is CN(CC1CCC2(CCCCC2)O1)C1CCNCC1. The lowest BCUT2D eigenvalue weighted by molar-refractivity contribution is -0.0733. The second-order valence-electron chi connectivity index (χ2n) is 6.94. The van der Waals surface area contributed by atoms with E-state index in [1.54, 1.807) is 0 Å². The van der Waals surface area contributed by atoms with Gasteiger partial charge in [0.15, 0.2) is 0 Å². The van der Waals surface area contributed by atoms with Crippen molar-refractivity contribution in [2.45, 2.75) is 75.5 Å². The predicted molar refractivity (Wildman–Crippen MR) is 78.4 cm³/mol. The third kappa shape index (κ3) is 3.32. The van der Waals surface area contributed by atoms with E-state index in [1.165, 1.54) is 70.9 Å². The number of hydrogen-bond donors (Lipinski definition) is 1. The van der Waals surface area contributed by atoms with Crippen LogP contribution in [0, 0.1) is 0 Å². The maximum Gasteiger partial charge on any atom is 0.0710 e. The maximum atomic E-state index is 6.49. The summed E-state index contributed by atoms with van der Waals surface area (Å²) >= 11 is 0. The van der Waals surface area contributed by atoms with Crippen LogP contribution in [0.1, 0.15) is 57.8 Å². The van der Waals surface area contributed by atoms with Gasteiger partial charge in [0.25, 0.3) is 0 Å². The highest BCUT2D eigenvalue weighted by molar-refractivity contribution is 4.92. The molecule has 1 N–H and O–H groups in total. The molecule has 1 saturated carbocycles. The Morgan fingerprint density at radius 3 is 2.53 bits per heavy atom. The normalized spacial score (nSPS) is 32.2. The van der Waals surface area contributed by atoms with E-state index in [9.17, 15) is 0 Å². The van der Waals surface area contributed by atoms with E-state index in [4.69, 9.17) is 4.74 Å². The number of ether oxygens (including phenoxy) is 1. The largest absolute Gasteiger partial charge is 0.370 e. The van der Waals surface area contributed by atoms with Crippen molar-refractivity contribution in [1.82, 2.24) is 10.2 Å². The third-order valence-corrected chi connectivity index (χ3v) is 5.53. The Morgan fingerprint density at radius 2 is 1.79 bits per heavy atom. The topological polar surface area (TPSA) is 24.5 Å². The van der Waals surface area contributed by atoms with Crippen LogP contribution in [-0.4, -0.2) is 49.3 Å². The molecule has 0 amide bonds. The highest BCUT2D eigenvalue weighted by Crippen LogP contribution is 2.42. The van der Waals surface area contributed by atoms with E-state index in [-0.39, 0.29) is 5.60 Å². The first-order chi connectivity index (χ1) is 9.27. The molecule has 2 aliphatic heterocycles. The van der Waals surface area contributed by atoms with Gasteiger partial charge in [-0.15, -0.1) is 0 Å². The van der Waals surface area contributed by atoms with Crippen LogP contribution < -0.4 is 5.32 Å². The number of nitrogens with one attached hydrogen (secondary N) is 1. The average Bonchev–Trinajstić information content (AvgIpc) is 2.83. The molecule has 3 nitrogen and oxygen atoms in total. The fraction of sp³-hybridized carbons (Fsp3) is 1.00. The lowest BCUT2D eigenvalue weighted by atomic mass is 9.83. The van der Waals surface area contributed by atoms with E-state index < -0.39 is 0 Å². The van der Waals surface area contributed by atoms with Gasteiger partial charge in [0.2, 0.25) is 0 Å². The molecule has 3 heteroatoms. The molecular weight excluding hydrogens is 236 g/mol. The standard InChI is InChI=1S/C16H30N2O/c1-18(14-6-11-17-12-7-14)13-15-5-10-16(19-15)8-3-2-4-9-16/h14-15,17H,2-13H2,1H3. The molecule has 0 bridgehead atoms. The molecule has 110 valence electrons. The first kappa shape index (κ1) is 13.8. The Balaban J connectivity index is 1.48. The van der Waals surface area contributed by atoms with Gasteiger partial charge >= 0.3 is 0 Å². The summed E-state index contributed by atoms with van der Waals surface area (Å²) in [5.74, 6) is 0. The second-order valence-corrected chi connectivity index (χ2v) is 6.94. The molecule has 2 heterocycles. The van der Waals surface area contributed by atoms with Crippen LogP contribution in [0.4, 0.5) is 0 Å². The molecule has 2 saturated heterocycles. The zero-order valence-electron chi connectivity index (χ0n) is 12.5. The van der Waals surface area contributed by atoms with Crippen LogP contribution in [0.2, 0.25) is 0 Å². The number of nitrogens with zero attached hydrogens (tertiary/aromatic N) is 1. The summed E-state index contributed by atoms with van der Waals surface area (Å²) in [6.45, 7) is 3.52. The first-order valence-electron chi connectivity index (χ1n) is 8.36. The average molecular weight is 266 g/mol. The highest BCUT2D eigenvalue weighted by Gasteiger charge is 2.41. The Morgan fingerprint density at radius 1 is 1.05 bits per heavy atom. The molecule has 0 radical (unpaired) electrons. The van der Waals surface area contributed by atoms with Crippen LogP contribution in [0.15, 0.2) is 0 Å². The lowest BCUT2D eigenvalue weighted by Gasteiger charge is -2.36. The molecule has 3 fully saturated rings. The molecule has 0 aromatic rings. The van der Waals surface area contributed by atoms with Crippen LogP contribution in [0.5, 0.6) is 0 Å². The van der Waals surface area contributed by atoms with Gasteiger partial charge in [0.05, 0.1) is 11.7 Å². The molecular formula is C16H30N2O. The van der Waals surface area contributed by atoms with Gasteiger partial charge in [-0.1, -0.05) is 19.3 Å². The van der Waals surface area contributed by atoms with Crippen molar-refractivity contribution < 1.29 is 4.74 Å². The quantitative estimate of drug-likeness (QED) is 0.849. The van der Waals surface area contributed by atoms with Gasteiger partial charge < -0.3 is 15.0 Å². The molecule has 19 heavy (non-hydrogen) atoms. The Kier molecular flexibility index (Phi) is 4.45. The van der Waals surface area contributed by atoms with E-state index in [1.807, 2.05) is 0 Å². The predicted octanol–water partition coefficient (Wildman–Crippen LogP) is 2.55. The van der Waals surface area contributed by atoms with Gasteiger partial charge in [-0.2, -0.15) is 0 Å². The molecule has 0 aromatic carbocycles. The van der Waals surface area contributed by atoms with Crippen molar-refractivity contribution in [3.8, 4) is 0 Å².